The molecule has 2 aliphatic rings. The molecule has 0 bridgehead atoms. The van der Waals surface area contributed by atoms with E-state index in [0.29, 0.717) is 11.6 Å². The average molecular weight is 332 g/mol. The van der Waals surface area contributed by atoms with Crippen molar-refractivity contribution < 1.29 is 9.53 Å². The number of hydrogen-bond donors (Lipinski definition) is 0. The largest absolute Gasteiger partial charge is 0.379 e. The van der Waals surface area contributed by atoms with Gasteiger partial charge in [0.25, 0.3) is 5.91 Å². The molecule has 0 aromatic carbocycles. The Bertz CT molecular complexity index is 528. The molecule has 6 heteroatoms. The smallest absolute Gasteiger partial charge is 0.257 e. The van der Waals surface area contributed by atoms with Crippen LogP contribution in [0.1, 0.15) is 48.8 Å². The maximum atomic E-state index is 12.9. The number of rotatable bonds is 5. The Balaban J connectivity index is 1.60. The van der Waals surface area contributed by atoms with E-state index in [2.05, 4.69) is 14.9 Å². The number of aromatic nitrogens is 2. The Kier molecular flexibility index (Phi) is 6.15. The second kappa shape index (κ2) is 8.53. The minimum atomic E-state index is 0.0873. The van der Waals surface area contributed by atoms with Gasteiger partial charge in [0, 0.05) is 51.0 Å². The van der Waals surface area contributed by atoms with Gasteiger partial charge in [-0.1, -0.05) is 6.92 Å². The third-order valence-electron chi connectivity index (χ3n) is 5.04. The third kappa shape index (κ3) is 4.30. The van der Waals surface area contributed by atoms with Crippen LogP contribution in [-0.2, 0) is 11.2 Å². The van der Waals surface area contributed by atoms with Crippen LogP contribution in [0.3, 0.4) is 0 Å². The molecule has 6 nitrogen and oxygen atoms in total. The molecule has 0 radical (unpaired) electrons. The fraction of sp³-hybridized carbons (Fsp3) is 0.722. The summed E-state index contributed by atoms with van der Waals surface area (Å²) in [6.45, 7) is 7.58. The van der Waals surface area contributed by atoms with Crippen molar-refractivity contribution in [1.29, 1.82) is 0 Å². The van der Waals surface area contributed by atoms with Crippen molar-refractivity contribution >= 4 is 5.91 Å². The number of likely N-dealkylation sites (tertiary alicyclic amines) is 1. The highest BCUT2D eigenvalue weighted by atomic mass is 16.5. The van der Waals surface area contributed by atoms with Crippen molar-refractivity contribution in [3.05, 3.63) is 23.8 Å². The summed E-state index contributed by atoms with van der Waals surface area (Å²) in [7, 11) is 0. The number of ether oxygens (including phenoxy) is 1. The lowest BCUT2D eigenvalue weighted by Crippen LogP contribution is -2.46. The van der Waals surface area contributed by atoms with Crippen molar-refractivity contribution in [3.8, 4) is 0 Å². The summed E-state index contributed by atoms with van der Waals surface area (Å²) >= 11 is 0. The molecule has 0 unspecified atom stereocenters. The molecule has 0 spiro atoms. The molecule has 1 atom stereocenters. The number of hydrogen-bond acceptors (Lipinski definition) is 5. The topological polar surface area (TPSA) is 58.6 Å². The van der Waals surface area contributed by atoms with E-state index >= 15 is 0 Å². The van der Waals surface area contributed by atoms with E-state index in [9.17, 15) is 4.79 Å². The van der Waals surface area contributed by atoms with Gasteiger partial charge in [0.05, 0.1) is 18.8 Å². The van der Waals surface area contributed by atoms with Gasteiger partial charge in [-0.05, 0) is 25.7 Å². The molecular weight excluding hydrogens is 304 g/mol. The summed E-state index contributed by atoms with van der Waals surface area (Å²) in [5.41, 5.74) is 0.616. The van der Waals surface area contributed by atoms with Crippen LogP contribution in [-0.4, -0.2) is 71.1 Å². The molecule has 0 saturated carbocycles. The molecule has 3 heterocycles. The second-order valence-corrected chi connectivity index (χ2v) is 6.63. The molecule has 0 N–H and O–H groups in total. The lowest BCUT2D eigenvalue weighted by molar-refractivity contribution is 0.0295. The molecule has 0 aliphatic carbocycles. The van der Waals surface area contributed by atoms with Crippen molar-refractivity contribution in [2.24, 2.45) is 0 Å². The zero-order valence-electron chi connectivity index (χ0n) is 14.6. The molecule has 3 rings (SSSR count). The van der Waals surface area contributed by atoms with Gasteiger partial charge in [-0.15, -0.1) is 0 Å². The minimum Gasteiger partial charge on any atom is -0.379 e. The van der Waals surface area contributed by atoms with E-state index in [0.717, 1.165) is 70.9 Å². The number of morpholine rings is 1. The maximum Gasteiger partial charge on any atom is 0.257 e. The highest BCUT2D eigenvalue weighted by Crippen LogP contribution is 2.22. The van der Waals surface area contributed by atoms with Crippen LogP contribution in [0.25, 0.3) is 0 Å². The van der Waals surface area contributed by atoms with Crippen LogP contribution >= 0.6 is 0 Å². The summed E-state index contributed by atoms with van der Waals surface area (Å²) in [6, 6.07) is 0.333. The Morgan fingerprint density at radius 3 is 2.67 bits per heavy atom. The summed E-state index contributed by atoms with van der Waals surface area (Å²) < 4.78 is 5.41. The monoisotopic (exact) mass is 332 g/mol. The maximum absolute atomic E-state index is 12.9. The molecular formula is C18H28N4O2. The van der Waals surface area contributed by atoms with E-state index in [1.54, 1.807) is 12.4 Å². The number of amides is 1. The number of nitrogens with zero attached hydrogens (tertiary/aromatic N) is 4. The van der Waals surface area contributed by atoms with Crippen molar-refractivity contribution in [3.63, 3.8) is 0 Å². The van der Waals surface area contributed by atoms with Crippen LogP contribution in [0.15, 0.2) is 12.4 Å². The van der Waals surface area contributed by atoms with Gasteiger partial charge >= 0.3 is 0 Å². The van der Waals surface area contributed by atoms with Crippen LogP contribution in [0.2, 0.25) is 0 Å². The van der Waals surface area contributed by atoms with E-state index in [4.69, 9.17) is 4.74 Å². The zero-order valence-corrected chi connectivity index (χ0v) is 14.6. The van der Waals surface area contributed by atoms with Gasteiger partial charge in [0.2, 0.25) is 0 Å². The van der Waals surface area contributed by atoms with E-state index < -0.39 is 0 Å². The van der Waals surface area contributed by atoms with Crippen molar-refractivity contribution in [2.45, 2.75) is 45.1 Å². The fourth-order valence-electron chi connectivity index (χ4n) is 3.54. The van der Waals surface area contributed by atoms with Gasteiger partial charge in [0.15, 0.2) is 0 Å². The molecule has 2 aliphatic heterocycles. The van der Waals surface area contributed by atoms with Gasteiger partial charge in [-0.2, -0.15) is 0 Å². The van der Waals surface area contributed by atoms with E-state index in [-0.39, 0.29) is 5.91 Å². The average Bonchev–Trinajstić information content (AvgIpc) is 2.67. The first-order valence-electron chi connectivity index (χ1n) is 9.20. The highest BCUT2D eigenvalue weighted by Gasteiger charge is 2.28. The van der Waals surface area contributed by atoms with Gasteiger partial charge in [0.1, 0.15) is 5.82 Å². The Morgan fingerprint density at radius 1 is 1.21 bits per heavy atom. The van der Waals surface area contributed by atoms with Crippen molar-refractivity contribution in [2.75, 3.05) is 39.4 Å². The number of aryl methyl sites for hydroxylation is 1. The van der Waals surface area contributed by atoms with Crippen LogP contribution in [0.5, 0.6) is 0 Å². The van der Waals surface area contributed by atoms with Crippen LogP contribution in [0.4, 0.5) is 0 Å². The molecule has 24 heavy (non-hydrogen) atoms. The number of carbonyl (C=O) groups is 1. The minimum absolute atomic E-state index is 0.0873. The first kappa shape index (κ1) is 17.3. The molecule has 1 amide bonds. The van der Waals surface area contributed by atoms with Gasteiger partial charge < -0.3 is 9.64 Å². The summed E-state index contributed by atoms with van der Waals surface area (Å²) in [5, 5.41) is 0. The normalized spacial score (nSPS) is 22.5. The molecule has 2 fully saturated rings. The summed E-state index contributed by atoms with van der Waals surface area (Å²) in [5.74, 6) is 0.874. The second-order valence-electron chi connectivity index (χ2n) is 6.63. The first-order chi connectivity index (χ1) is 11.8. The summed E-state index contributed by atoms with van der Waals surface area (Å²) in [6.07, 6.45) is 8.60. The van der Waals surface area contributed by atoms with E-state index in [1.165, 1.54) is 6.42 Å². The Labute approximate surface area is 144 Å². The molecule has 132 valence electrons. The lowest BCUT2D eigenvalue weighted by Gasteiger charge is -2.37. The SMILES string of the molecule is CCc1ncc(C(=O)N2CCCC[C@H]2CCN2CCOCC2)cn1. The van der Waals surface area contributed by atoms with Gasteiger partial charge in [-0.3, -0.25) is 9.69 Å². The molecule has 1 aromatic rings. The highest BCUT2D eigenvalue weighted by molar-refractivity contribution is 5.93. The van der Waals surface area contributed by atoms with Gasteiger partial charge in [-0.25, -0.2) is 9.97 Å². The number of piperidine rings is 1. The lowest BCUT2D eigenvalue weighted by atomic mass is 9.98. The quantitative estimate of drug-likeness (QED) is 0.822. The standard InChI is InChI=1S/C18H28N4O2/c1-2-17-19-13-15(14-20-17)18(23)22-7-4-3-5-16(22)6-8-21-9-11-24-12-10-21/h13-14,16H,2-12H2,1H3/t16-/m0/s1. The Morgan fingerprint density at radius 2 is 1.96 bits per heavy atom. The molecule has 1 aromatic heterocycles. The summed E-state index contributed by atoms with van der Waals surface area (Å²) in [4.78, 5) is 25.9. The predicted molar refractivity (Wildman–Crippen MR) is 92.0 cm³/mol. The Hall–Kier alpha value is -1.53. The zero-order chi connectivity index (χ0) is 16.8. The van der Waals surface area contributed by atoms with E-state index in [1.807, 2.05) is 11.8 Å². The van der Waals surface area contributed by atoms with Crippen molar-refractivity contribution in [1.82, 2.24) is 19.8 Å². The fourth-order valence-corrected chi connectivity index (χ4v) is 3.54. The first-order valence-corrected chi connectivity index (χ1v) is 9.20. The predicted octanol–water partition coefficient (Wildman–Crippen LogP) is 1.76. The molecule has 2 saturated heterocycles. The third-order valence-corrected chi connectivity index (χ3v) is 5.04. The number of carbonyl (C=O) groups excluding carboxylic acids is 1. The van der Waals surface area contributed by atoms with Crippen LogP contribution < -0.4 is 0 Å². The van der Waals surface area contributed by atoms with Crippen LogP contribution in [0, 0.1) is 0 Å².